The maximum absolute atomic E-state index is 12.5. The maximum Gasteiger partial charge on any atom is 0.328 e. The molecular weight excluding hydrogens is 282 g/mol. The van der Waals surface area contributed by atoms with Crippen LogP contribution >= 0.6 is 0 Å². The van der Waals surface area contributed by atoms with Crippen LogP contribution in [-0.2, 0) is 24.2 Å². The summed E-state index contributed by atoms with van der Waals surface area (Å²) < 4.78 is 28.8. The Labute approximate surface area is 119 Å². The summed E-state index contributed by atoms with van der Waals surface area (Å²) in [5.74, 6) is -0.800. The number of carbonyl (C=O) groups is 2. The van der Waals surface area contributed by atoms with Crippen LogP contribution in [0.25, 0.3) is 0 Å². The predicted molar refractivity (Wildman–Crippen MR) is 72.8 cm³/mol. The fraction of sp³-hybridized carbons (Fsp3) is 0.846. The van der Waals surface area contributed by atoms with E-state index in [1.165, 1.54) is 12.0 Å². The molecule has 0 aromatic heterocycles. The zero-order chi connectivity index (χ0) is 14.8. The number of esters is 1. The highest BCUT2D eigenvalue weighted by atomic mass is 32.2. The highest BCUT2D eigenvalue weighted by Gasteiger charge is 2.42. The van der Waals surface area contributed by atoms with Gasteiger partial charge in [0, 0.05) is 6.54 Å². The van der Waals surface area contributed by atoms with Gasteiger partial charge in [-0.2, -0.15) is 0 Å². The predicted octanol–water partition coefficient (Wildman–Crippen LogP) is 0.508. The van der Waals surface area contributed by atoms with E-state index in [2.05, 4.69) is 0 Å². The number of sulfone groups is 1. The van der Waals surface area contributed by atoms with Crippen molar-refractivity contribution < 1.29 is 22.7 Å². The molecule has 0 bridgehead atoms. The van der Waals surface area contributed by atoms with Crippen LogP contribution in [0, 0.1) is 0 Å². The number of rotatable bonds is 2. The van der Waals surface area contributed by atoms with Crippen molar-refractivity contribution in [1.82, 2.24) is 4.90 Å². The lowest BCUT2D eigenvalue weighted by molar-refractivity contribution is -0.154. The number of nitrogens with zero attached hydrogens (tertiary/aromatic N) is 1. The van der Waals surface area contributed by atoms with E-state index < -0.39 is 33.0 Å². The molecule has 0 spiro atoms. The van der Waals surface area contributed by atoms with E-state index in [0.717, 1.165) is 19.3 Å². The number of piperidine rings is 1. The number of ether oxygens (including phenoxy) is 1. The Morgan fingerprint density at radius 3 is 2.45 bits per heavy atom. The van der Waals surface area contributed by atoms with Crippen LogP contribution in [0.15, 0.2) is 0 Å². The molecule has 0 aliphatic carbocycles. The summed E-state index contributed by atoms with van der Waals surface area (Å²) in [6.45, 7) is 0.435. The normalized spacial score (nSPS) is 29.8. The van der Waals surface area contributed by atoms with Gasteiger partial charge in [0.05, 0.1) is 12.9 Å². The van der Waals surface area contributed by atoms with Crippen molar-refractivity contribution in [3.63, 3.8) is 0 Å². The third kappa shape index (κ3) is 2.97. The summed E-state index contributed by atoms with van der Waals surface area (Å²) >= 11 is 0. The molecule has 2 unspecified atom stereocenters. The number of carbonyl (C=O) groups excluding carboxylic acids is 2. The van der Waals surface area contributed by atoms with Crippen molar-refractivity contribution in [3.8, 4) is 0 Å². The van der Waals surface area contributed by atoms with Crippen LogP contribution in [0.3, 0.4) is 0 Å². The molecule has 0 radical (unpaired) electrons. The number of methoxy groups -OCH3 is 1. The van der Waals surface area contributed by atoms with Gasteiger partial charge in [-0.05, 0) is 32.1 Å². The molecule has 2 aliphatic rings. The third-order valence-electron chi connectivity index (χ3n) is 4.11. The molecule has 2 aliphatic heterocycles. The lowest BCUT2D eigenvalue weighted by Gasteiger charge is -2.36. The fourth-order valence-electron chi connectivity index (χ4n) is 2.99. The second kappa shape index (κ2) is 6.11. The van der Waals surface area contributed by atoms with Crippen molar-refractivity contribution >= 4 is 21.7 Å². The van der Waals surface area contributed by atoms with E-state index >= 15 is 0 Å². The van der Waals surface area contributed by atoms with E-state index in [-0.39, 0.29) is 5.75 Å². The lowest BCUT2D eigenvalue weighted by Crippen LogP contribution is -2.54. The number of hydrogen-bond acceptors (Lipinski definition) is 5. The third-order valence-corrected chi connectivity index (χ3v) is 6.28. The topological polar surface area (TPSA) is 80.8 Å². The highest BCUT2D eigenvalue weighted by Crippen LogP contribution is 2.25. The van der Waals surface area contributed by atoms with E-state index in [4.69, 9.17) is 4.74 Å². The van der Waals surface area contributed by atoms with Gasteiger partial charge in [0.15, 0.2) is 9.84 Å². The van der Waals surface area contributed by atoms with Gasteiger partial charge in [0.1, 0.15) is 11.3 Å². The minimum absolute atomic E-state index is 0.0696. The van der Waals surface area contributed by atoms with Crippen molar-refractivity contribution in [2.24, 2.45) is 0 Å². The lowest BCUT2D eigenvalue weighted by atomic mass is 10.0. The standard InChI is InChI=1S/C13H21NO5S/c1-19-13(16)10-6-2-4-8-14(10)12(15)11-7-3-5-9-20(11,17)18/h10-11H,2-9H2,1H3. The average Bonchev–Trinajstić information content (AvgIpc) is 2.45. The molecule has 2 fully saturated rings. The van der Waals surface area contributed by atoms with E-state index in [0.29, 0.717) is 25.8 Å². The molecule has 1 amide bonds. The smallest absolute Gasteiger partial charge is 0.328 e. The van der Waals surface area contributed by atoms with Crippen molar-refractivity contribution in [2.75, 3.05) is 19.4 Å². The van der Waals surface area contributed by atoms with Crippen molar-refractivity contribution in [2.45, 2.75) is 49.8 Å². The zero-order valence-electron chi connectivity index (χ0n) is 11.7. The number of hydrogen-bond donors (Lipinski definition) is 0. The van der Waals surface area contributed by atoms with Crippen LogP contribution in [-0.4, -0.2) is 55.9 Å². The van der Waals surface area contributed by atoms with Crippen LogP contribution in [0.5, 0.6) is 0 Å². The molecular formula is C13H21NO5S. The first-order valence-electron chi connectivity index (χ1n) is 7.07. The summed E-state index contributed by atoms with van der Waals surface area (Å²) in [4.78, 5) is 25.7. The Kier molecular flexibility index (Phi) is 4.67. The molecule has 2 saturated heterocycles. The molecule has 0 saturated carbocycles. The van der Waals surface area contributed by atoms with Crippen LogP contribution < -0.4 is 0 Å². The Morgan fingerprint density at radius 2 is 1.80 bits per heavy atom. The fourth-order valence-corrected chi connectivity index (χ4v) is 4.85. The minimum atomic E-state index is -3.37. The Hall–Kier alpha value is -1.11. The molecule has 114 valence electrons. The summed E-state index contributed by atoms with van der Waals surface area (Å²) in [6, 6.07) is -0.627. The van der Waals surface area contributed by atoms with Crippen LogP contribution in [0.1, 0.15) is 38.5 Å². The van der Waals surface area contributed by atoms with E-state index in [1.54, 1.807) is 0 Å². The summed E-state index contributed by atoms with van der Waals surface area (Å²) in [5.41, 5.74) is 0. The van der Waals surface area contributed by atoms with Gasteiger partial charge in [-0.15, -0.1) is 0 Å². The van der Waals surface area contributed by atoms with Gasteiger partial charge in [-0.1, -0.05) is 6.42 Å². The first kappa shape index (κ1) is 15.3. The van der Waals surface area contributed by atoms with Gasteiger partial charge < -0.3 is 9.64 Å². The molecule has 0 N–H and O–H groups in total. The monoisotopic (exact) mass is 303 g/mol. The molecule has 0 aromatic carbocycles. The minimum Gasteiger partial charge on any atom is -0.467 e. The number of amides is 1. The van der Waals surface area contributed by atoms with E-state index in [1.807, 2.05) is 0 Å². The summed E-state index contributed by atoms with van der Waals surface area (Å²) in [5, 5.41) is -0.971. The highest BCUT2D eigenvalue weighted by molar-refractivity contribution is 7.92. The van der Waals surface area contributed by atoms with Crippen molar-refractivity contribution in [3.05, 3.63) is 0 Å². The summed E-state index contributed by atoms with van der Waals surface area (Å²) in [7, 11) is -2.08. The van der Waals surface area contributed by atoms with Gasteiger partial charge in [-0.25, -0.2) is 13.2 Å². The molecule has 7 heteroatoms. The Balaban J connectivity index is 2.19. The van der Waals surface area contributed by atoms with Crippen LogP contribution in [0.2, 0.25) is 0 Å². The van der Waals surface area contributed by atoms with Crippen LogP contribution in [0.4, 0.5) is 0 Å². The molecule has 2 heterocycles. The first-order valence-corrected chi connectivity index (χ1v) is 8.79. The van der Waals surface area contributed by atoms with E-state index in [9.17, 15) is 18.0 Å². The molecule has 6 nitrogen and oxygen atoms in total. The first-order chi connectivity index (χ1) is 9.47. The largest absolute Gasteiger partial charge is 0.467 e. The second-order valence-corrected chi connectivity index (χ2v) is 7.72. The Bertz CT molecular complexity index is 487. The Morgan fingerprint density at radius 1 is 1.10 bits per heavy atom. The summed E-state index contributed by atoms with van der Waals surface area (Å²) in [6.07, 6.45) is 3.92. The van der Waals surface area contributed by atoms with Gasteiger partial charge in [0.2, 0.25) is 5.91 Å². The quantitative estimate of drug-likeness (QED) is 0.694. The molecule has 2 rings (SSSR count). The van der Waals surface area contributed by atoms with Crippen molar-refractivity contribution in [1.29, 1.82) is 0 Å². The average molecular weight is 303 g/mol. The second-order valence-electron chi connectivity index (χ2n) is 5.42. The van der Waals surface area contributed by atoms with Gasteiger partial charge >= 0.3 is 5.97 Å². The molecule has 2 atom stereocenters. The number of likely N-dealkylation sites (tertiary alicyclic amines) is 1. The van der Waals surface area contributed by atoms with Gasteiger partial charge in [0.25, 0.3) is 0 Å². The zero-order valence-corrected chi connectivity index (χ0v) is 12.5. The molecule has 20 heavy (non-hydrogen) atoms. The van der Waals surface area contributed by atoms with Gasteiger partial charge in [-0.3, -0.25) is 4.79 Å². The molecule has 0 aromatic rings. The maximum atomic E-state index is 12.5. The SMILES string of the molecule is COC(=O)C1CCCCN1C(=O)C1CCCCS1(=O)=O.